The third-order valence-electron chi connectivity index (χ3n) is 17.3. The van der Waals surface area contributed by atoms with Crippen LogP contribution in [0.25, 0.3) is 161 Å². The monoisotopic (exact) mass is 1160 g/mol. The summed E-state index contributed by atoms with van der Waals surface area (Å²) in [6, 6.07) is 76.4. The molecule has 1 aliphatic rings. The Balaban J connectivity index is 0.708. The Hall–Kier alpha value is -10.5. The van der Waals surface area contributed by atoms with Crippen molar-refractivity contribution in [1.29, 1.82) is 5.41 Å². The van der Waals surface area contributed by atoms with Crippen molar-refractivity contribution in [1.82, 2.24) is 29.0 Å². The Kier molecular flexibility index (Phi) is 9.90. The van der Waals surface area contributed by atoms with Crippen LogP contribution in [0.3, 0.4) is 0 Å². The zero-order valence-electron chi connectivity index (χ0n) is 46.1. The SMILES string of the molecule is CC(=N)/C=C1\NC(c2ccc(-n3c4cc5c(cc4c4sc6ccccc6c43)oc3ccccc35)cc2)=Nc2ccc(-c3cccc4c3sc3cc5c6sc7ccccc7c6n(-c6ccc(-c7nc8ccccc8c8cc(C)nn78)cc6)c5cc34)cc21. The van der Waals surface area contributed by atoms with Crippen molar-refractivity contribution in [2.75, 3.05) is 0 Å². The number of aromatic nitrogens is 5. The van der Waals surface area contributed by atoms with Gasteiger partial charge in [-0.25, -0.2) is 14.5 Å². The first-order valence-electron chi connectivity index (χ1n) is 28.6. The van der Waals surface area contributed by atoms with Gasteiger partial charge in [0.2, 0.25) is 0 Å². The summed E-state index contributed by atoms with van der Waals surface area (Å²) < 4.78 is 20.8. The molecule has 19 rings (SSSR count). The molecule has 404 valence electrons. The number of aliphatic imine (C=N–C) groups is 1. The molecule has 12 heteroatoms. The van der Waals surface area contributed by atoms with Crippen molar-refractivity contribution in [3.8, 4) is 33.9 Å². The molecule has 1 aliphatic heterocycles. The predicted octanol–water partition coefficient (Wildman–Crippen LogP) is 20.5. The number of hydrogen-bond acceptors (Lipinski definition) is 9. The van der Waals surface area contributed by atoms with Gasteiger partial charge >= 0.3 is 0 Å². The van der Waals surface area contributed by atoms with E-state index in [2.05, 4.69) is 209 Å². The molecule has 0 bridgehead atoms. The number of rotatable bonds is 6. The number of benzene rings is 10. The summed E-state index contributed by atoms with van der Waals surface area (Å²) in [6.45, 7) is 3.86. The molecule has 0 spiro atoms. The minimum atomic E-state index is 0.450. The van der Waals surface area contributed by atoms with Gasteiger partial charge in [-0.05, 0) is 146 Å². The maximum absolute atomic E-state index is 8.73. The van der Waals surface area contributed by atoms with E-state index >= 15 is 0 Å². The first kappa shape index (κ1) is 47.9. The molecule has 0 amide bonds. The van der Waals surface area contributed by atoms with E-state index in [0.717, 1.165) is 112 Å². The van der Waals surface area contributed by atoms with Crippen LogP contribution in [0.15, 0.2) is 228 Å². The minimum absolute atomic E-state index is 0.450. The van der Waals surface area contributed by atoms with Gasteiger partial charge in [-0.3, -0.25) is 0 Å². The highest BCUT2D eigenvalue weighted by atomic mass is 32.1. The average Bonchev–Trinajstić information content (AvgIpc) is 1.64. The fourth-order valence-corrected chi connectivity index (χ4v) is 17.2. The predicted molar refractivity (Wildman–Crippen MR) is 363 cm³/mol. The fraction of sp³-hybridized carbons (Fsp3) is 0.0270. The van der Waals surface area contributed by atoms with Gasteiger partial charge in [0.1, 0.15) is 17.0 Å². The molecule has 0 aliphatic carbocycles. The smallest absolute Gasteiger partial charge is 0.161 e. The highest BCUT2D eigenvalue weighted by Crippen LogP contribution is 2.49. The zero-order chi connectivity index (χ0) is 56.6. The van der Waals surface area contributed by atoms with Crippen LogP contribution >= 0.6 is 34.0 Å². The van der Waals surface area contributed by atoms with Gasteiger partial charge in [0, 0.05) is 101 Å². The van der Waals surface area contributed by atoms with E-state index in [1.807, 2.05) is 76.6 Å². The van der Waals surface area contributed by atoms with E-state index in [0.29, 0.717) is 5.71 Å². The first-order valence-corrected chi connectivity index (χ1v) is 31.1. The summed E-state index contributed by atoms with van der Waals surface area (Å²) in [4.78, 5) is 10.5. The topological polar surface area (TPSA) is 101 Å². The molecule has 10 aromatic carbocycles. The normalized spacial score (nSPS) is 13.5. The summed E-state index contributed by atoms with van der Waals surface area (Å²) in [5.41, 5.74) is 18.9. The molecule has 0 radical (unpaired) electrons. The first-order chi connectivity index (χ1) is 42.3. The lowest BCUT2D eigenvalue weighted by Gasteiger charge is -2.22. The molecule has 9 nitrogen and oxygen atoms in total. The third-order valence-corrected chi connectivity index (χ3v) is 20.9. The highest BCUT2D eigenvalue weighted by Gasteiger charge is 2.25. The molecular weight excluding hydrogens is 1110 g/mol. The number of thiophene rings is 3. The molecule has 0 unspecified atom stereocenters. The second-order valence-corrected chi connectivity index (χ2v) is 25.7. The number of nitrogens with one attached hydrogen (secondary N) is 2. The van der Waals surface area contributed by atoms with Gasteiger partial charge in [-0.1, -0.05) is 97.1 Å². The molecular formula is C74H44N8OS3. The van der Waals surface area contributed by atoms with Gasteiger partial charge < -0.3 is 24.3 Å². The Morgan fingerprint density at radius 2 is 1.10 bits per heavy atom. The molecule has 86 heavy (non-hydrogen) atoms. The Morgan fingerprint density at radius 1 is 0.488 bits per heavy atom. The number of fused-ring (bicyclic) bond motifs is 20. The maximum atomic E-state index is 8.73. The standard InChI is InChI=1S/C74H44N8OS3/c1-39(75)32-59-54-34-43(26-31-58(54)76-73(77-59)41-22-27-44(28-23-41)80-60-35-52-47-12-4-8-19-63(47)83-64(52)37-55(60)71-68(80)50-14-5-9-20-65(50)84-71)46-16-11-17-48-53-36-61-56(38-67(53)86-70(46)48)72-69(51-15-6-10-21-66(51)85-72)81(61)45-29-24-42(25-30-45)74-78-57-18-7-3-13-49(57)62-33-40(2)79-82(62)74/h3-38,75H,1-2H3,(H,76,77)/b59-32-,75-39?. The van der Waals surface area contributed by atoms with Gasteiger partial charge in [-0.2, -0.15) is 5.10 Å². The molecule has 0 fully saturated rings. The van der Waals surface area contributed by atoms with Crippen LogP contribution in [0.5, 0.6) is 0 Å². The van der Waals surface area contributed by atoms with Crippen molar-refractivity contribution < 1.29 is 4.42 Å². The van der Waals surface area contributed by atoms with Crippen LogP contribution in [0.1, 0.15) is 23.7 Å². The van der Waals surface area contributed by atoms with Crippen LogP contribution in [-0.2, 0) is 0 Å². The van der Waals surface area contributed by atoms with E-state index in [4.69, 9.17) is 24.9 Å². The van der Waals surface area contributed by atoms with Crippen LogP contribution in [-0.4, -0.2) is 35.3 Å². The Bertz CT molecular complexity index is 6100. The number of amidine groups is 1. The van der Waals surface area contributed by atoms with E-state index in [9.17, 15) is 0 Å². The van der Waals surface area contributed by atoms with Gasteiger partial charge in [0.05, 0.1) is 59.6 Å². The van der Waals surface area contributed by atoms with Crippen molar-refractivity contribution in [3.63, 3.8) is 0 Å². The quantitative estimate of drug-likeness (QED) is 0.162. The van der Waals surface area contributed by atoms with E-state index < -0.39 is 0 Å². The van der Waals surface area contributed by atoms with Crippen molar-refractivity contribution >= 4 is 178 Å². The molecule has 18 aromatic rings. The number of para-hydroxylation sites is 2. The number of hydrogen-bond donors (Lipinski definition) is 2. The second kappa shape index (κ2) is 17.8. The highest BCUT2D eigenvalue weighted by molar-refractivity contribution is 7.28. The number of allylic oxidation sites excluding steroid dienone is 1. The van der Waals surface area contributed by atoms with Crippen LogP contribution in [0, 0.1) is 12.3 Å². The maximum Gasteiger partial charge on any atom is 0.161 e. The van der Waals surface area contributed by atoms with Crippen molar-refractivity contribution in [2.45, 2.75) is 13.8 Å². The average molecular weight is 1160 g/mol. The van der Waals surface area contributed by atoms with E-state index in [1.54, 1.807) is 0 Å². The third kappa shape index (κ3) is 6.91. The summed E-state index contributed by atoms with van der Waals surface area (Å²) in [7, 11) is 0. The number of furan rings is 1. The van der Waals surface area contributed by atoms with Gasteiger partial charge in [-0.15, -0.1) is 34.0 Å². The summed E-state index contributed by atoms with van der Waals surface area (Å²) >= 11 is 5.55. The molecule has 8 aromatic heterocycles. The molecule has 0 saturated heterocycles. The lowest BCUT2D eigenvalue weighted by molar-refractivity contribution is 0.669. The summed E-state index contributed by atoms with van der Waals surface area (Å²) in [5.74, 6) is 1.55. The largest absolute Gasteiger partial charge is 0.456 e. The van der Waals surface area contributed by atoms with Crippen LogP contribution in [0.2, 0.25) is 0 Å². The van der Waals surface area contributed by atoms with Gasteiger partial charge in [0.25, 0.3) is 0 Å². The summed E-state index contributed by atoms with van der Waals surface area (Å²) in [5, 5.41) is 28.0. The van der Waals surface area contributed by atoms with Crippen LogP contribution in [0.4, 0.5) is 5.69 Å². The lowest BCUT2D eigenvalue weighted by atomic mass is 9.97. The molecule has 0 saturated carbocycles. The molecule has 9 heterocycles. The van der Waals surface area contributed by atoms with Gasteiger partial charge in [0.15, 0.2) is 5.82 Å². The molecule has 2 N–H and O–H groups in total. The van der Waals surface area contributed by atoms with Crippen molar-refractivity contribution in [3.05, 3.63) is 235 Å². The Morgan fingerprint density at radius 3 is 1.84 bits per heavy atom. The number of aryl methyl sites for hydroxylation is 1. The zero-order valence-corrected chi connectivity index (χ0v) is 48.6. The molecule has 0 atom stereocenters. The van der Waals surface area contributed by atoms with E-state index in [-0.39, 0.29) is 0 Å². The second-order valence-electron chi connectivity index (χ2n) is 22.5. The van der Waals surface area contributed by atoms with Crippen molar-refractivity contribution in [2.24, 2.45) is 4.99 Å². The summed E-state index contributed by atoms with van der Waals surface area (Å²) in [6.07, 6.45) is 1.92. The fourth-order valence-electron chi connectivity index (χ4n) is 13.5. The Labute approximate surface area is 501 Å². The van der Waals surface area contributed by atoms with Crippen LogP contribution < -0.4 is 5.32 Å². The number of nitrogens with zero attached hydrogens (tertiary/aromatic N) is 6. The lowest BCUT2D eigenvalue weighted by Crippen LogP contribution is -2.26. The minimum Gasteiger partial charge on any atom is -0.456 e. The van der Waals surface area contributed by atoms with E-state index in [1.165, 1.54) is 77.1 Å².